The van der Waals surface area contributed by atoms with Crippen LogP contribution in [-0.2, 0) is 20.9 Å². The van der Waals surface area contributed by atoms with E-state index in [0.717, 1.165) is 0 Å². The van der Waals surface area contributed by atoms with Gasteiger partial charge in [-0.05, 0) is 33.5 Å². The first kappa shape index (κ1) is 17.9. The van der Waals surface area contributed by atoms with E-state index in [4.69, 9.17) is 20.9 Å². The number of hydrogen-bond donors (Lipinski definition) is 0. The van der Waals surface area contributed by atoms with Crippen LogP contribution in [0.3, 0.4) is 0 Å². The van der Waals surface area contributed by atoms with Crippen LogP contribution in [0, 0.1) is 0 Å². The average Bonchev–Trinajstić information content (AvgIpc) is 1.95. The molecular formula is C7H22O5Si5. The van der Waals surface area contributed by atoms with Crippen molar-refractivity contribution in [2.45, 2.75) is 46.1 Å². The Bertz CT molecular complexity index is 217. The molecule has 1 aliphatic heterocycles. The zero-order valence-corrected chi connectivity index (χ0v) is 16.8. The van der Waals surface area contributed by atoms with Crippen LogP contribution >= 0.6 is 0 Å². The van der Waals surface area contributed by atoms with Crippen molar-refractivity contribution in [3.63, 3.8) is 0 Å². The predicted octanol–water partition coefficient (Wildman–Crippen LogP) is 0.230. The van der Waals surface area contributed by atoms with Gasteiger partial charge < -0.3 is 20.9 Å². The fraction of sp³-hybridized carbons (Fsp3) is 1.00. The molecule has 0 amide bonds. The van der Waals surface area contributed by atoms with Gasteiger partial charge in [-0.15, -0.1) is 0 Å². The van der Waals surface area contributed by atoms with Gasteiger partial charge in [-0.3, -0.25) is 0 Å². The molecule has 0 saturated carbocycles. The van der Waals surface area contributed by atoms with Crippen LogP contribution in [0.25, 0.3) is 0 Å². The molecule has 1 aliphatic rings. The number of rotatable bonds is 2. The molecule has 1 heterocycles. The van der Waals surface area contributed by atoms with Crippen LogP contribution in [0.1, 0.15) is 13.8 Å². The van der Waals surface area contributed by atoms with E-state index >= 15 is 0 Å². The molecule has 10 heteroatoms. The van der Waals surface area contributed by atoms with Crippen molar-refractivity contribution >= 4 is 47.6 Å². The molecule has 100 valence electrons. The first-order chi connectivity index (χ1) is 7.31. The predicted molar refractivity (Wildman–Crippen MR) is 77.0 cm³/mol. The summed E-state index contributed by atoms with van der Waals surface area (Å²) in [7, 11) is -7.41. The lowest BCUT2D eigenvalue weighted by Crippen LogP contribution is -2.55. The van der Waals surface area contributed by atoms with Crippen LogP contribution in [0.4, 0.5) is 0 Å². The van der Waals surface area contributed by atoms with Crippen LogP contribution in [0.5, 0.6) is 0 Å². The second-order valence-electron chi connectivity index (χ2n) is 4.24. The standard InChI is InChI=1S/C7H22O5Si4.Si/c1-7(2)8-16(6)11-14(4)9-13(3)10-15(5)12-16;/h7,13-15H,1-6H3;. The highest BCUT2D eigenvalue weighted by atomic mass is 28.5. The Balaban J connectivity index is 0.00000256. The minimum atomic E-state index is -2.54. The topological polar surface area (TPSA) is 46.2 Å². The molecule has 1 fully saturated rings. The van der Waals surface area contributed by atoms with Crippen LogP contribution in [0.15, 0.2) is 0 Å². The van der Waals surface area contributed by atoms with Crippen molar-refractivity contribution < 1.29 is 20.9 Å². The maximum Gasteiger partial charge on any atom is 0.479 e. The maximum absolute atomic E-state index is 5.93. The molecule has 0 aromatic heterocycles. The molecule has 0 spiro atoms. The molecule has 0 N–H and O–H groups in total. The van der Waals surface area contributed by atoms with Crippen LogP contribution < -0.4 is 0 Å². The van der Waals surface area contributed by atoms with Gasteiger partial charge in [-0.2, -0.15) is 0 Å². The summed E-state index contributed by atoms with van der Waals surface area (Å²) in [6, 6.07) is 0. The van der Waals surface area contributed by atoms with E-state index in [0.29, 0.717) is 0 Å². The smallest absolute Gasteiger partial charge is 0.420 e. The first-order valence-electron chi connectivity index (χ1n) is 5.65. The van der Waals surface area contributed by atoms with Gasteiger partial charge in [0.25, 0.3) is 9.28 Å². The van der Waals surface area contributed by atoms with Gasteiger partial charge in [-0.1, -0.05) is 0 Å². The van der Waals surface area contributed by atoms with Gasteiger partial charge in [0.15, 0.2) is 0 Å². The van der Waals surface area contributed by atoms with Gasteiger partial charge in [0, 0.05) is 23.6 Å². The van der Waals surface area contributed by atoms with Crippen molar-refractivity contribution in [1.82, 2.24) is 0 Å². The molecule has 17 heavy (non-hydrogen) atoms. The molecular weight excluding hydrogens is 305 g/mol. The lowest BCUT2D eigenvalue weighted by Gasteiger charge is -2.36. The summed E-state index contributed by atoms with van der Waals surface area (Å²) in [5, 5.41) is 0. The fourth-order valence-corrected chi connectivity index (χ4v) is 15.2. The zero-order valence-electron chi connectivity index (χ0n) is 11.4. The molecule has 1 rings (SSSR count). The summed E-state index contributed by atoms with van der Waals surface area (Å²) < 4.78 is 29.2. The van der Waals surface area contributed by atoms with E-state index in [1.54, 1.807) is 0 Å². The highest BCUT2D eigenvalue weighted by molar-refractivity contribution is 6.77. The van der Waals surface area contributed by atoms with Crippen molar-refractivity contribution in [3.8, 4) is 0 Å². The van der Waals surface area contributed by atoms with Gasteiger partial charge in [0.2, 0.25) is 0 Å². The number of hydrogen-bond acceptors (Lipinski definition) is 5. The Morgan fingerprint density at radius 1 is 0.941 bits per heavy atom. The van der Waals surface area contributed by atoms with E-state index in [1.807, 2.05) is 40.0 Å². The minimum absolute atomic E-state index is 0. The van der Waals surface area contributed by atoms with Crippen molar-refractivity contribution in [2.24, 2.45) is 0 Å². The molecule has 0 bridgehead atoms. The fourth-order valence-electron chi connectivity index (χ4n) is 1.74. The van der Waals surface area contributed by atoms with E-state index in [2.05, 4.69) is 0 Å². The summed E-state index contributed by atoms with van der Waals surface area (Å²) in [5.41, 5.74) is 0. The Labute approximate surface area is 115 Å². The zero-order chi connectivity index (χ0) is 12.3. The lowest BCUT2D eigenvalue weighted by atomic mass is 10.5. The summed E-state index contributed by atoms with van der Waals surface area (Å²) in [5.74, 6) is 0. The second-order valence-corrected chi connectivity index (χ2v) is 13.7. The average molecular weight is 327 g/mol. The van der Waals surface area contributed by atoms with Gasteiger partial charge in [0.05, 0.1) is 0 Å². The van der Waals surface area contributed by atoms with Crippen LogP contribution in [0.2, 0.25) is 26.2 Å². The Hall–Kier alpha value is 0.884. The third kappa shape index (κ3) is 6.56. The van der Waals surface area contributed by atoms with Crippen molar-refractivity contribution in [1.29, 1.82) is 0 Å². The molecule has 2 atom stereocenters. The summed E-state index contributed by atoms with van der Waals surface area (Å²) in [4.78, 5) is 0. The first-order valence-corrected chi connectivity index (χ1v) is 14.2. The molecule has 0 aliphatic carbocycles. The SMILES string of the molecule is CC(C)O[Si]1(C)O[SiH](C)O[SiH](C)O[SiH](C)O1.[Si]. The monoisotopic (exact) mass is 326 g/mol. The van der Waals surface area contributed by atoms with E-state index < -0.39 is 36.7 Å². The highest BCUT2D eigenvalue weighted by Gasteiger charge is 2.42. The Morgan fingerprint density at radius 2 is 1.35 bits per heavy atom. The van der Waals surface area contributed by atoms with Gasteiger partial charge in [0.1, 0.15) is 0 Å². The largest absolute Gasteiger partial charge is 0.479 e. The molecule has 1 saturated heterocycles. The van der Waals surface area contributed by atoms with Crippen molar-refractivity contribution in [2.75, 3.05) is 0 Å². The molecule has 0 aromatic carbocycles. The molecule has 5 nitrogen and oxygen atoms in total. The van der Waals surface area contributed by atoms with Gasteiger partial charge in [-0.25, -0.2) is 0 Å². The second kappa shape index (κ2) is 7.47. The summed E-state index contributed by atoms with van der Waals surface area (Å²) in [6.45, 7) is 11.9. The van der Waals surface area contributed by atoms with E-state index in [-0.39, 0.29) is 17.1 Å². The van der Waals surface area contributed by atoms with E-state index in [1.165, 1.54) is 0 Å². The van der Waals surface area contributed by atoms with E-state index in [9.17, 15) is 0 Å². The third-order valence-corrected chi connectivity index (χ3v) is 15.1. The summed E-state index contributed by atoms with van der Waals surface area (Å²) in [6.07, 6.45) is 0.105. The highest BCUT2D eigenvalue weighted by Crippen LogP contribution is 2.18. The Kier molecular flexibility index (Phi) is 7.86. The van der Waals surface area contributed by atoms with Crippen LogP contribution in [-0.4, -0.2) is 53.7 Å². The summed E-state index contributed by atoms with van der Waals surface area (Å²) >= 11 is 0. The van der Waals surface area contributed by atoms with Gasteiger partial charge >= 0.3 is 27.4 Å². The minimum Gasteiger partial charge on any atom is -0.420 e. The Morgan fingerprint density at radius 3 is 1.71 bits per heavy atom. The normalized spacial score (nSPS) is 39.4. The third-order valence-electron chi connectivity index (χ3n) is 1.98. The molecule has 2 unspecified atom stereocenters. The molecule has 0 aromatic rings. The maximum atomic E-state index is 5.93. The lowest BCUT2D eigenvalue weighted by molar-refractivity contribution is 0.110. The van der Waals surface area contributed by atoms with Crippen molar-refractivity contribution in [3.05, 3.63) is 0 Å². The quantitative estimate of drug-likeness (QED) is 0.680. The molecule has 4 radical (unpaired) electrons.